The van der Waals surface area contributed by atoms with Crippen molar-refractivity contribution in [2.24, 2.45) is 11.8 Å². The predicted molar refractivity (Wildman–Crippen MR) is 84.7 cm³/mol. The highest BCUT2D eigenvalue weighted by atomic mass is 19.1. The fraction of sp³-hybridized carbons (Fsp3) is 0.316. The van der Waals surface area contributed by atoms with Gasteiger partial charge < -0.3 is 9.15 Å². The molecule has 0 spiro atoms. The second-order valence-electron chi connectivity index (χ2n) is 6.72. The van der Waals surface area contributed by atoms with Gasteiger partial charge in [0.1, 0.15) is 22.9 Å². The molecule has 1 aromatic carbocycles. The number of fused-ring (bicyclic) bond motifs is 4. The van der Waals surface area contributed by atoms with Crippen LogP contribution in [0.4, 0.5) is 4.39 Å². The Kier molecular flexibility index (Phi) is 2.83. The molecule has 118 valence electrons. The van der Waals surface area contributed by atoms with E-state index in [0.29, 0.717) is 22.3 Å². The molecule has 2 atom stereocenters. The Hall–Kier alpha value is -2.36. The van der Waals surface area contributed by atoms with Crippen LogP contribution in [0, 0.1) is 17.7 Å². The van der Waals surface area contributed by atoms with E-state index in [0.717, 1.165) is 5.76 Å². The quantitative estimate of drug-likeness (QED) is 0.784. The number of rotatable bonds is 1. The van der Waals surface area contributed by atoms with Crippen LogP contribution in [0.5, 0.6) is 0 Å². The van der Waals surface area contributed by atoms with Gasteiger partial charge in [-0.15, -0.1) is 0 Å². The summed E-state index contributed by atoms with van der Waals surface area (Å²) < 4.78 is 24.7. The number of furan rings is 1. The zero-order valence-electron chi connectivity index (χ0n) is 13.2. The number of halogens is 1. The van der Waals surface area contributed by atoms with Crippen LogP contribution >= 0.6 is 0 Å². The SMILES string of the molecule is COC1=CC2C(C=C1)C(=O)c1c(oc3cc(F)ccc13)C2(C)C. The van der Waals surface area contributed by atoms with Gasteiger partial charge in [-0.1, -0.05) is 19.9 Å². The van der Waals surface area contributed by atoms with Crippen molar-refractivity contribution in [3.8, 4) is 0 Å². The lowest BCUT2D eigenvalue weighted by Crippen LogP contribution is -2.42. The molecule has 2 unspecified atom stereocenters. The minimum absolute atomic E-state index is 0.0253. The Morgan fingerprint density at radius 2 is 2.09 bits per heavy atom. The van der Waals surface area contributed by atoms with E-state index in [2.05, 4.69) is 13.8 Å². The van der Waals surface area contributed by atoms with E-state index in [-0.39, 0.29) is 23.4 Å². The lowest BCUT2D eigenvalue weighted by atomic mass is 9.61. The summed E-state index contributed by atoms with van der Waals surface area (Å²) in [5.74, 6) is 0.740. The van der Waals surface area contributed by atoms with Crippen molar-refractivity contribution >= 4 is 16.8 Å². The van der Waals surface area contributed by atoms with Crippen LogP contribution in [-0.2, 0) is 10.2 Å². The molecule has 0 aliphatic heterocycles. The summed E-state index contributed by atoms with van der Waals surface area (Å²) >= 11 is 0. The number of carbonyl (C=O) groups is 1. The first-order valence-electron chi connectivity index (χ1n) is 7.64. The Labute approximate surface area is 133 Å². The van der Waals surface area contributed by atoms with E-state index >= 15 is 0 Å². The van der Waals surface area contributed by atoms with Crippen molar-refractivity contribution in [1.29, 1.82) is 0 Å². The van der Waals surface area contributed by atoms with Gasteiger partial charge in [0.2, 0.25) is 0 Å². The van der Waals surface area contributed by atoms with E-state index in [1.807, 2.05) is 18.2 Å². The fourth-order valence-electron chi connectivity index (χ4n) is 3.79. The van der Waals surface area contributed by atoms with Crippen molar-refractivity contribution in [2.45, 2.75) is 19.3 Å². The molecule has 4 heteroatoms. The Balaban J connectivity index is 1.99. The van der Waals surface area contributed by atoms with Crippen LogP contribution in [0.15, 0.2) is 46.6 Å². The third-order valence-corrected chi connectivity index (χ3v) is 5.05. The molecule has 1 heterocycles. The Bertz CT molecular complexity index is 885. The van der Waals surface area contributed by atoms with Gasteiger partial charge in [-0.05, 0) is 24.3 Å². The summed E-state index contributed by atoms with van der Waals surface area (Å²) in [6.07, 6.45) is 5.72. The molecule has 0 saturated carbocycles. The van der Waals surface area contributed by atoms with Crippen molar-refractivity contribution < 1.29 is 18.3 Å². The average molecular weight is 312 g/mol. The molecule has 2 aliphatic rings. The molecule has 3 nitrogen and oxygen atoms in total. The van der Waals surface area contributed by atoms with E-state index in [9.17, 15) is 9.18 Å². The Morgan fingerprint density at radius 3 is 2.83 bits per heavy atom. The monoisotopic (exact) mass is 312 g/mol. The van der Waals surface area contributed by atoms with Crippen LogP contribution in [0.1, 0.15) is 30.0 Å². The van der Waals surface area contributed by atoms with Crippen molar-refractivity contribution in [3.05, 3.63) is 59.3 Å². The smallest absolute Gasteiger partial charge is 0.174 e. The molecule has 0 radical (unpaired) electrons. The summed E-state index contributed by atoms with van der Waals surface area (Å²) in [7, 11) is 1.61. The summed E-state index contributed by atoms with van der Waals surface area (Å²) in [6.45, 7) is 4.11. The number of Topliss-reactive ketones (excluding diaryl/α,β-unsaturated/α-hetero) is 1. The molecule has 4 rings (SSSR count). The lowest BCUT2D eigenvalue weighted by molar-refractivity contribution is 0.0846. The van der Waals surface area contributed by atoms with Gasteiger partial charge in [-0.2, -0.15) is 0 Å². The third-order valence-electron chi connectivity index (χ3n) is 5.05. The molecule has 0 fully saturated rings. The lowest BCUT2D eigenvalue weighted by Gasteiger charge is -2.40. The second kappa shape index (κ2) is 4.57. The van der Waals surface area contributed by atoms with Gasteiger partial charge in [0.25, 0.3) is 0 Å². The number of benzene rings is 1. The number of ketones is 1. The zero-order valence-corrected chi connectivity index (χ0v) is 13.2. The topological polar surface area (TPSA) is 39.4 Å². The molecule has 23 heavy (non-hydrogen) atoms. The fourth-order valence-corrected chi connectivity index (χ4v) is 3.79. The zero-order chi connectivity index (χ0) is 16.4. The molecular weight excluding hydrogens is 295 g/mol. The first-order valence-corrected chi connectivity index (χ1v) is 7.64. The number of allylic oxidation sites excluding steroid dienone is 3. The number of carbonyl (C=O) groups excluding carboxylic acids is 1. The van der Waals surface area contributed by atoms with Gasteiger partial charge in [0.15, 0.2) is 5.78 Å². The summed E-state index contributed by atoms with van der Waals surface area (Å²) in [5.41, 5.74) is 0.623. The predicted octanol–water partition coefficient (Wildman–Crippen LogP) is 4.38. The number of methoxy groups -OCH3 is 1. The highest BCUT2D eigenvalue weighted by Crippen LogP contribution is 2.50. The first-order chi connectivity index (χ1) is 10.9. The minimum atomic E-state index is -0.391. The van der Waals surface area contributed by atoms with Crippen molar-refractivity contribution in [2.75, 3.05) is 7.11 Å². The molecular formula is C19H17FO3. The number of hydrogen-bond acceptors (Lipinski definition) is 3. The Morgan fingerprint density at radius 1 is 1.30 bits per heavy atom. The van der Waals surface area contributed by atoms with Crippen LogP contribution in [-0.4, -0.2) is 12.9 Å². The maximum absolute atomic E-state index is 13.5. The summed E-state index contributed by atoms with van der Waals surface area (Å²) in [4.78, 5) is 13.0. The first kappa shape index (κ1) is 14.2. The van der Waals surface area contributed by atoms with Crippen molar-refractivity contribution in [3.63, 3.8) is 0 Å². The number of hydrogen-bond donors (Lipinski definition) is 0. The van der Waals surface area contributed by atoms with Gasteiger partial charge >= 0.3 is 0 Å². The average Bonchev–Trinajstić information content (AvgIpc) is 2.92. The molecule has 0 saturated heterocycles. The summed E-state index contributed by atoms with van der Waals surface area (Å²) in [5, 5.41) is 0.688. The molecule has 0 N–H and O–H groups in total. The van der Waals surface area contributed by atoms with Crippen LogP contribution < -0.4 is 0 Å². The standard InChI is InChI=1S/C19H17FO3/c1-19(2)14-9-11(22-3)5-7-12(14)17(21)16-13-6-4-10(20)8-15(13)23-18(16)19/h4-9,12,14H,1-3H3. The largest absolute Gasteiger partial charge is 0.497 e. The highest BCUT2D eigenvalue weighted by molar-refractivity contribution is 6.11. The maximum atomic E-state index is 13.5. The third kappa shape index (κ3) is 1.84. The van der Waals surface area contributed by atoms with Crippen LogP contribution in [0.25, 0.3) is 11.0 Å². The van der Waals surface area contributed by atoms with Gasteiger partial charge in [-0.25, -0.2) is 4.39 Å². The molecule has 1 aromatic heterocycles. The molecule has 2 aliphatic carbocycles. The van der Waals surface area contributed by atoms with Crippen molar-refractivity contribution in [1.82, 2.24) is 0 Å². The second-order valence-corrected chi connectivity index (χ2v) is 6.72. The highest BCUT2D eigenvalue weighted by Gasteiger charge is 2.49. The van der Waals surface area contributed by atoms with Crippen LogP contribution in [0.2, 0.25) is 0 Å². The molecule has 2 aromatic rings. The van der Waals surface area contributed by atoms with E-state index in [1.54, 1.807) is 13.2 Å². The van der Waals surface area contributed by atoms with Gasteiger partial charge in [0.05, 0.1) is 12.7 Å². The van der Waals surface area contributed by atoms with E-state index in [4.69, 9.17) is 9.15 Å². The molecule has 0 bridgehead atoms. The van der Waals surface area contributed by atoms with E-state index < -0.39 is 5.41 Å². The van der Waals surface area contributed by atoms with Crippen LogP contribution in [0.3, 0.4) is 0 Å². The number of ether oxygens (including phenoxy) is 1. The van der Waals surface area contributed by atoms with Gasteiger partial charge in [-0.3, -0.25) is 4.79 Å². The maximum Gasteiger partial charge on any atom is 0.174 e. The minimum Gasteiger partial charge on any atom is -0.497 e. The van der Waals surface area contributed by atoms with Gasteiger partial charge in [0, 0.05) is 28.7 Å². The molecule has 0 amide bonds. The summed E-state index contributed by atoms with van der Waals surface area (Å²) in [6, 6.07) is 4.33. The normalized spacial score (nSPS) is 25.0. The van der Waals surface area contributed by atoms with E-state index in [1.165, 1.54) is 12.1 Å².